The number of carbonyl (C=O) groups excluding carboxylic acids is 1. The molecule has 0 aromatic heterocycles. The van der Waals surface area contributed by atoms with Crippen molar-refractivity contribution in [2.24, 2.45) is 0 Å². The normalized spacial score (nSPS) is 10.5. The van der Waals surface area contributed by atoms with Gasteiger partial charge in [0.2, 0.25) is 0 Å². The molecule has 21 heavy (non-hydrogen) atoms. The summed E-state index contributed by atoms with van der Waals surface area (Å²) in [5.41, 5.74) is 1.38. The van der Waals surface area contributed by atoms with Crippen LogP contribution >= 0.6 is 23.2 Å². The van der Waals surface area contributed by atoms with Crippen molar-refractivity contribution >= 4 is 29.1 Å². The third kappa shape index (κ3) is 3.96. The summed E-state index contributed by atoms with van der Waals surface area (Å²) in [7, 11) is 0. The fourth-order valence-corrected chi connectivity index (χ4v) is 2.46. The molecule has 110 valence electrons. The molecule has 0 unspecified atom stereocenters. The molecule has 0 spiro atoms. The highest BCUT2D eigenvalue weighted by Gasteiger charge is 2.12. The lowest BCUT2D eigenvalue weighted by Crippen LogP contribution is -2.26. The second-order valence-corrected chi connectivity index (χ2v) is 5.52. The maximum absolute atomic E-state index is 13.8. The van der Waals surface area contributed by atoms with Crippen molar-refractivity contribution in [1.82, 2.24) is 5.32 Å². The Morgan fingerprint density at radius 3 is 2.71 bits per heavy atom. The highest BCUT2D eigenvalue weighted by atomic mass is 35.5. The number of halogens is 3. The number of hydrogen-bond donors (Lipinski definition) is 1. The topological polar surface area (TPSA) is 29.1 Å². The van der Waals surface area contributed by atoms with Gasteiger partial charge < -0.3 is 5.32 Å². The summed E-state index contributed by atoms with van der Waals surface area (Å²) < 4.78 is 13.8. The number of carbonyl (C=O) groups is 1. The van der Waals surface area contributed by atoms with Crippen LogP contribution < -0.4 is 5.32 Å². The first-order chi connectivity index (χ1) is 9.99. The molecule has 0 aliphatic carbocycles. The molecule has 2 nitrogen and oxygen atoms in total. The fourth-order valence-electron chi connectivity index (χ4n) is 1.95. The summed E-state index contributed by atoms with van der Waals surface area (Å²) in [5.74, 6) is -0.916. The summed E-state index contributed by atoms with van der Waals surface area (Å²) in [6.07, 6.45) is 0.551. The highest BCUT2D eigenvalue weighted by molar-refractivity contribution is 6.35. The summed E-state index contributed by atoms with van der Waals surface area (Å²) in [6, 6.07) is 9.95. The average Bonchev–Trinajstić information content (AvgIpc) is 2.44. The summed E-state index contributed by atoms with van der Waals surface area (Å²) >= 11 is 11.9. The molecule has 0 fully saturated rings. The predicted molar refractivity (Wildman–Crippen MR) is 83.6 cm³/mol. The fraction of sp³-hybridized carbons (Fsp3) is 0.188. The van der Waals surface area contributed by atoms with Crippen molar-refractivity contribution in [2.75, 3.05) is 6.54 Å². The SMILES string of the molecule is Cc1cccc(C(=O)NCCc2ccc(Cl)cc2Cl)c1F. The minimum absolute atomic E-state index is 0.0530. The first-order valence-electron chi connectivity index (χ1n) is 6.46. The lowest BCUT2D eigenvalue weighted by Gasteiger charge is -2.08. The lowest BCUT2D eigenvalue weighted by molar-refractivity contribution is 0.0950. The van der Waals surface area contributed by atoms with E-state index in [9.17, 15) is 9.18 Å². The Bertz CT molecular complexity index is 673. The van der Waals surface area contributed by atoms with Crippen LogP contribution in [0.15, 0.2) is 36.4 Å². The zero-order valence-corrected chi connectivity index (χ0v) is 12.9. The quantitative estimate of drug-likeness (QED) is 0.886. The van der Waals surface area contributed by atoms with E-state index in [0.717, 1.165) is 5.56 Å². The first kappa shape index (κ1) is 15.8. The number of amides is 1. The average molecular weight is 326 g/mol. The third-order valence-electron chi connectivity index (χ3n) is 3.13. The molecule has 0 aliphatic heterocycles. The Morgan fingerprint density at radius 1 is 1.24 bits per heavy atom. The number of benzene rings is 2. The Kier molecular flexibility index (Phi) is 5.21. The maximum Gasteiger partial charge on any atom is 0.254 e. The van der Waals surface area contributed by atoms with Crippen molar-refractivity contribution < 1.29 is 9.18 Å². The smallest absolute Gasteiger partial charge is 0.254 e. The molecule has 0 saturated carbocycles. The zero-order chi connectivity index (χ0) is 15.4. The zero-order valence-electron chi connectivity index (χ0n) is 11.4. The molecule has 0 radical (unpaired) electrons. The molecule has 0 heterocycles. The molecule has 0 bridgehead atoms. The van der Waals surface area contributed by atoms with Crippen LogP contribution in [0.1, 0.15) is 21.5 Å². The number of hydrogen-bond acceptors (Lipinski definition) is 1. The van der Waals surface area contributed by atoms with Gasteiger partial charge in [0.05, 0.1) is 5.56 Å². The van der Waals surface area contributed by atoms with Gasteiger partial charge in [0.15, 0.2) is 0 Å². The van der Waals surface area contributed by atoms with Crippen LogP contribution in [0.3, 0.4) is 0 Å². The van der Waals surface area contributed by atoms with Gasteiger partial charge in [-0.05, 0) is 42.7 Å². The maximum atomic E-state index is 13.8. The summed E-state index contributed by atoms with van der Waals surface area (Å²) in [5, 5.41) is 3.81. The van der Waals surface area contributed by atoms with E-state index in [4.69, 9.17) is 23.2 Å². The molecule has 2 aromatic rings. The van der Waals surface area contributed by atoms with Crippen molar-refractivity contribution in [1.29, 1.82) is 0 Å². The lowest BCUT2D eigenvalue weighted by atomic mass is 10.1. The van der Waals surface area contributed by atoms with Crippen LogP contribution in [0.5, 0.6) is 0 Å². The van der Waals surface area contributed by atoms with Crippen molar-refractivity contribution in [3.63, 3.8) is 0 Å². The molecular formula is C16H14Cl2FNO. The van der Waals surface area contributed by atoms with Crippen LogP contribution in [0.25, 0.3) is 0 Å². The number of aryl methyl sites for hydroxylation is 1. The van der Waals surface area contributed by atoms with Crippen molar-refractivity contribution in [3.8, 4) is 0 Å². The van der Waals surface area contributed by atoms with Crippen molar-refractivity contribution in [3.05, 3.63) is 69.0 Å². The molecular weight excluding hydrogens is 312 g/mol. The Balaban J connectivity index is 1.97. The van der Waals surface area contributed by atoms with E-state index < -0.39 is 11.7 Å². The van der Waals surface area contributed by atoms with E-state index in [1.165, 1.54) is 6.07 Å². The third-order valence-corrected chi connectivity index (χ3v) is 3.72. The van der Waals surface area contributed by atoms with Crippen LogP contribution in [0.2, 0.25) is 10.0 Å². The molecule has 1 N–H and O–H groups in total. The largest absolute Gasteiger partial charge is 0.352 e. The molecule has 5 heteroatoms. The van der Waals surface area contributed by atoms with Gasteiger partial charge in [-0.2, -0.15) is 0 Å². The van der Waals surface area contributed by atoms with Crippen LogP contribution in [-0.4, -0.2) is 12.5 Å². The van der Waals surface area contributed by atoms with E-state index in [1.807, 2.05) is 6.07 Å². The molecule has 2 rings (SSSR count). The molecule has 0 atom stereocenters. The first-order valence-corrected chi connectivity index (χ1v) is 7.22. The van der Waals surface area contributed by atoms with Gasteiger partial charge in [-0.3, -0.25) is 4.79 Å². The standard InChI is InChI=1S/C16H14Cl2FNO/c1-10-3-2-4-13(15(10)19)16(21)20-8-7-11-5-6-12(17)9-14(11)18/h2-6,9H,7-8H2,1H3,(H,20,21). The van der Waals surface area contributed by atoms with E-state index in [0.29, 0.717) is 28.6 Å². The number of nitrogens with one attached hydrogen (secondary N) is 1. The second kappa shape index (κ2) is 6.92. The predicted octanol–water partition coefficient (Wildman–Crippen LogP) is 4.41. The Morgan fingerprint density at radius 2 is 2.00 bits per heavy atom. The van der Waals surface area contributed by atoms with Crippen molar-refractivity contribution in [2.45, 2.75) is 13.3 Å². The van der Waals surface area contributed by atoms with Gasteiger partial charge in [0, 0.05) is 16.6 Å². The van der Waals surface area contributed by atoms with Gasteiger partial charge >= 0.3 is 0 Å². The van der Waals surface area contributed by atoms with Crippen LogP contribution in [0.4, 0.5) is 4.39 Å². The molecule has 0 aliphatic rings. The molecule has 2 aromatic carbocycles. The van der Waals surface area contributed by atoms with Gasteiger partial charge in [-0.15, -0.1) is 0 Å². The second-order valence-electron chi connectivity index (χ2n) is 4.68. The monoisotopic (exact) mass is 325 g/mol. The summed E-state index contributed by atoms with van der Waals surface area (Å²) in [6.45, 7) is 1.99. The minimum Gasteiger partial charge on any atom is -0.352 e. The summed E-state index contributed by atoms with van der Waals surface area (Å²) in [4.78, 5) is 11.9. The Labute approximate surface area is 132 Å². The van der Waals surface area contributed by atoms with Crippen LogP contribution in [0, 0.1) is 12.7 Å². The van der Waals surface area contributed by atoms with Gasteiger partial charge in [-0.25, -0.2) is 4.39 Å². The van der Waals surface area contributed by atoms with E-state index in [1.54, 1.807) is 31.2 Å². The number of rotatable bonds is 4. The van der Waals surface area contributed by atoms with E-state index in [-0.39, 0.29) is 5.56 Å². The Hall–Kier alpha value is -1.58. The van der Waals surface area contributed by atoms with E-state index >= 15 is 0 Å². The van der Waals surface area contributed by atoms with Crippen LogP contribution in [-0.2, 0) is 6.42 Å². The highest BCUT2D eigenvalue weighted by Crippen LogP contribution is 2.21. The molecule has 0 saturated heterocycles. The van der Waals surface area contributed by atoms with Gasteiger partial charge in [0.1, 0.15) is 5.82 Å². The van der Waals surface area contributed by atoms with Gasteiger partial charge in [-0.1, -0.05) is 41.4 Å². The van der Waals surface area contributed by atoms with Gasteiger partial charge in [0.25, 0.3) is 5.91 Å². The molecule has 1 amide bonds. The minimum atomic E-state index is -0.487. The van der Waals surface area contributed by atoms with E-state index in [2.05, 4.69) is 5.32 Å².